The van der Waals surface area contributed by atoms with E-state index in [2.05, 4.69) is 27.7 Å². The minimum absolute atomic E-state index is 0.0909. The minimum Gasteiger partial charge on any atom is -0.508 e. The monoisotopic (exact) mass is 330 g/mol. The second-order valence-corrected chi connectivity index (χ2v) is 9.42. The Morgan fingerprint density at radius 3 is 2.62 bits per heavy atom. The predicted molar refractivity (Wildman–Crippen MR) is 94.6 cm³/mol. The first kappa shape index (κ1) is 16.1. The van der Waals surface area contributed by atoms with Gasteiger partial charge in [0.05, 0.1) is 0 Å². The molecule has 3 saturated carbocycles. The van der Waals surface area contributed by atoms with E-state index in [4.69, 9.17) is 4.74 Å². The molecule has 0 aromatic heterocycles. The highest BCUT2D eigenvalue weighted by Crippen LogP contribution is 2.67. The molecule has 1 spiro atoms. The molecule has 1 heterocycles. The van der Waals surface area contributed by atoms with Crippen LogP contribution in [0.3, 0.4) is 0 Å². The van der Waals surface area contributed by atoms with Crippen LogP contribution in [-0.4, -0.2) is 15.8 Å². The van der Waals surface area contributed by atoms with Crippen molar-refractivity contribution in [3.8, 4) is 17.2 Å². The zero-order valence-electron chi connectivity index (χ0n) is 15.3. The minimum atomic E-state index is -0.120. The van der Waals surface area contributed by atoms with Gasteiger partial charge in [0.2, 0.25) is 0 Å². The number of hydrogen-bond acceptors (Lipinski definition) is 3. The Labute approximate surface area is 145 Å². The Hall–Kier alpha value is -1.38. The van der Waals surface area contributed by atoms with E-state index in [0.29, 0.717) is 28.9 Å². The van der Waals surface area contributed by atoms with E-state index < -0.39 is 0 Å². The fourth-order valence-electron chi connectivity index (χ4n) is 6.00. The van der Waals surface area contributed by atoms with E-state index in [9.17, 15) is 10.2 Å². The summed E-state index contributed by atoms with van der Waals surface area (Å²) in [4.78, 5) is 0. The molecule has 4 aliphatic rings. The average molecular weight is 330 g/mol. The number of aromatic hydroxyl groups is 2. The van der Waals surface area contributed by atoms with Gasteiger partial charge in [0.1, 0.15) is 22.8 Å². The van der Waals surface area contributed by atoms with Gasteiger partial charge in [-0.3, -0.25) is 0 Å². The summed E-state index contributed by atoms with van der Waals surface area (Å²) in [5.41, 5.74) is 1.13. The first-order valence-electron chi connectivity index (χ1n) is 9.48. The third kappa shape index (κ3) is 2.16. The summed E-state index contributed by atoms with van der Waals surface area (Å²) in [6.07, 6.45) is 5.65. The highest BCUT2D eigenvalue weighted by molar-refractivity contribution is 5.53. The fourth-order valence-corrected chi connectivity index (χ4v) is 6.00. The summed E-state index contributed by atoms with van der Waals surface area (Å²) in [6.45, 7) is 9.26. The van der Waals surface area contributed by atoms with Gasteiger partial charge in [-0.05, 0) is 55.3 Å². The molecule has 2 bridgehead atoms. The Bertz CT molecular complexity index is 661. The van der Waals surface area contributed by atoms with E-state index >= 15 is 0 Å². The fraction of sp³-hybridized carbons (Fsp3) is 0.714. The summed E-state index contributed by atoms with van der Waals surface area (Å²) in [6, 6.07) is 3.17. The molecule has 3 fully saturated rings. The number of rotatable bonds is 2. The molecule has 3 aliphatic carbocycles. The van der Waals surface area contributed by atoms with E-state index in [-0.39, 0.29) is 17.1 Å². The zero-order valence-corrected chi connectivity index (χ0v) is 15.3. The summed E-state index contributed by atoms with van der Waals surface area (Å²) in [5, 5.41) is 20.4. The van der Waals surface area contributed by atoms with Crippen molar-refractivity contribution in [1.29, 1.82) is 0 Å². The molecule has 0 radical (unpaired) electrons. The predicted octanol–water partition coefficient (Wildman–Crippen LogP) is 5.20. The Morgan fingerprint density at radius 2 is 2.00 bits per heavy atom. The van der Waals surface area contributed by atoms with Gasteiger partial charge in [0.15, 0.2) is 0 Å². The first-order valence-corrected chi connectivity index (χ1v) is 9.48. The zero-order chi connectivity index (χ0) is 17.3. The summed E-state index contributed by atoms with van der Waals surface area (Å²) in [7, 11) is 0. The molecule has 24 heavy (non-hydrogen) atoms. The lowest BCUT2D eigenvalue weighted by atomic mass is 9.42. The number of phenolic OH excluding ortho intramolecular Hbond substituents is 2. The molecular formula is C21H30O3. The van der Waals surface area contributed by atoms with Crippen LogP contribution in [0.15, 0.2) is 12.1 Å². The van der Waals surface area contributed by atoms with E-state index in [1.165, 1.54) is 18.9 Å². The topological polar surface area (TPSA) is 49.7 Å². The smallest absolute Gasteiger partial charge is 0.131 e. The highest BCUT2D eigenvalue weighted by Gasteiger charge is 2.64. The van der Waals surface area contributed by atoms with Gasteiger partial charge in [0, 0.05) is 23.6 Å². The largest absolute Gasteiger partial charge is 0.508 e. The molecule has 2 N–H and O–H groups in total. The van der Waals surface area contributed by atoms with Gasteiger partial charge in [-0.1, -0.05) is 27.7 Å². The average Bonchev–Trinajstić information content (AvgIpc) is 2.44. The quantitative estimate of drug-likeness (QED) is 0.783. The summed E-state index contributed by atoms with van der Waals surface area (Å²) < 4.78 is 6.60. The molecule has 132 valence electrons. The standard InChI is InChI=1S/C21H30O3/c1-12(2)7-13-11-21(6-5-14-8-18(21)20(14,3)4)24-17-10-15(22)9-16(23)19(13)17/h9-10,12-14,18,22-23H,5-8,11H2,1-4H3/t13-,14+,18-,21-/m1/s1. The lowest BCUT2D eigenvalue weighted by molar-refractivity contribution is -0.198. The van der Waals surface area contributed by atoms with Crippen molar-refractivity contribution in [2.75, 3.05) is 0 Å². The number of hydrogen-bond donors (Lipinski definition) is 2. The Morgan fingerprint density at radius 1 is 1.25 bits per heavy atom. The first-order chi connectivity index (χ1) is 11.2. The molecule has 1 aromatic rings. The SMILES string of the molecule is CC(C)C[C@@H]1C[C@@]2(CC[C@H]3C[C@@H]2C3(C)C)Oc2cc(O)cc(O)c21. The van der Waals surface area contributed by atoms with Crippen molar-refractivity contribution in [3.05, 3.63) is 17.7 Å². The molecule has 0 unspecified atom stereocenters. The molecule has 5 rings (SSSR count). The molecule has 3 nitrogen and oxygen atoms in total. The maximum atomic E-state index is 10.4. The maximum absolute atomic E-state index is 10.4. The Balaban J connectivity index is 1.78. The van der Waals surface area contributed by atoms with E-state index in [0.717, 1.165) is 30.7 Å². The Kier molecular flexibility index (Phi) is 3.40. The summed E-state index contributed by atoms with van der Waals surface area (Å²) >= 11 is 0. The van der Waals surface area contributed by atoms with E-state index in [1.807, 2.05) is 0 Å². The van der Waals surface area contributed by atoms with Gasteiger partial charge < -0.3 is 14.9 Å². The molecule has 0 amide bonds. The number of fused-ring (bicyclic) bond motifs is 2. The van der Waals surface area contributed by atoms with Crippen molar-refractivity contribution >= 4 is 0 Å². The number of phenols is 2. The van der Waals surface area contributed by atoms with Crippen LogP contribution in [0.5, 0.6) is 17.2 Å². The van der Waals surface area contributed by atoms with Crippen molar-refractivity contribution in [2.45, 2.75) is 71.3 Å². The number of ether oxygens (including phenoxy) is 1. The molecular weight excluding hydrogens is 300 g/mol. The molecule has 3 heteroatoms. The van der Waals surface area contributed by atoms with Gasteiger partial charge in [0.25, 0.3) is 0 Å². The van der Waals surface area contributed by atoms with Crippen molar-refractivity contribution in [2.24, 2.45) is 23.2 Å². The van der Waals surface area contributed by atoms with Crippen LogP contribution >= 0.6 is 0 Å². The van der Waals surface area contributed by atoms with Crippen LogP contribution in [0, 0.1) is 23.2 Å². The molecule has 1 aromatic carbocycles. The maximum Gasteiger partial charge on any atom is 0.131 e. The van der Waals surface area contributed by atoms with Crippen molar-refractivity contribution in [1.82, 2.24) is 0 Å². The van der Waals surface area contributed by atoms with Crippen molar-refractivity contribution in [3.63, 3.8) is 0 Å². The third-order valence-corrected chi connectivity index (χ3v) is 7.20. The lowest BCUT2D eigenvalue weighted by Gasteiger charge is -2.66. The molecule has 4 atom stereocenters. The second-order valence-electron chi connectivity index (χ2n) is 9.42. The summed E-state index contributed by atoms with van der Waals surface area (Å²) in [5.74, 6) is 3.28. The second kappa shape index (κ2) is 5.06. The van der Waals surface area contributed by atoms with Gasteiger partial charge in [-0.15, -0.1) is 0 Å². The highest BCUT2D eigenvalue weighted by atomic mass is 16.5. The van der Waals surface area contributed by atoms with Gasteiger partial charge >= 0.3 is 0 Å². The van der Waals surface area contributed by atoms with Crippen LogP contribution < -0.4 is 4.74 Å². The van der Waals surface area contributed by atoms with Crippen LogP contribution in [0.4, 0.5) is 0 Å². The van der Waals surface area contributed by atoms with Crippen LogP contribution in [0.2, 0.25) is 0 Å². The normalized spacial score (nSPS) is 36.1. The molecule has 0 saturated heterocycles. The van der Waals surface area contributed by atoms with Gasteiger partial charge in [-0.2, -0.15) is 0 Å². The third-order valence-electron chi connectivity index (χ3n) is 7.20. The van der Waals surface area contributed by atoms with Gasteiger partial charge in [-0.25, -0.2) is 0 Å². The van der Waals surface area contributed by atoms with Crippen LogP contribution in [0.25, 0.3) is 0 Å². The number of benzene rings is 1. The van der Waals surface area contributed by atoms with E-state index in [1.54, 1.807) is 6.07 Å². The lowest BCUT2D eigenvalue weighted by Crippen LogP contribution is -2.64. The van der Waals surface area contributed by atoms with Crippen LogP contribution in [0.1, 0.15) is 71.3 Å². The molecule has 1 aliphatic heterocycles. The van der Waals surface area contributed by atoms with Crippen LogP contribution in [-0.2, 0) is 0 Å². The van der Waals surface area contributed by atoms with Crippen molar-refractivity contribution < 1.29 is 14.9 Å².